The molecular weight excluding hydrogens is 384 g/mol. The van der Waals surface area contributed by atoms with Crippen molar-refractivity contribution in [3.63, 3.8) is 0 Å². The molecule has 1 aliphatic heterocycles. The lowest BCUT2D eigenvalue weighted by Gasteiger charge is -2.30. The molecule has 0 saturated heterocycles. The van der Waals surface area contributed by atoms with E-state index in [0.29, 0.717) is 6.54 Å². The van der Waals surface area contributed by atoms with Crippen LogP contribution in [0.1, 0.15) is 11.1 Å². The van der Waals surface area contributed by atoms with E-state index in [0.717, 1.165) is 47.3 Å². The first kappa shape index (κ1) is 19.7. The maximum Gasteiger partial charge on any atom is 0.120 e. The van der Waals surface area contributed by atoms with Crippen LogP contribution in [0.15, 0.2) is 85.1 Å². The van der Waals surface area contributed by atoms with Gasteiger partial charge in [0, 0.05) is 36.8 Å². The van der Waals surface area contributed by atoms with Gasteiger partial charge in [0.25, 0.3) is 0 Å². The summed E-state index contributed by atoms with van der Waals surface area (Å²) in [7, 11) is 0. The molecule has 1 aliphatic rings. The molecule has 0 saturated carbocycles. The van der Waals surface area contributed by atoms with Crippen molar-refractivity contribution in [2.75, 3.05) is 19.7 Å². The van der Waals surface area contributed by atoms with Crippen LogP contribution in [0, 0.1) is 0 Å². The van der Waals surface area contributed by atoms with E-state index in [1.54, 1.807) is 0 Å². The molecule has 156 valence electrons. The SMILES string of the molecule is O[C@@H](COc1cccc(-c2cccc3cccnc23)c1)CN1CCc2ccccc2C1. The minimum Gasteiger partial charge on any atom is -0.491 e. The van der Waals surface area contributed by atoms with Gasteiger partial charge in [0.1, 0.15) is 18.5 Å². The number of aliphatic hydroxyl groups is 1. The van der Waals surface area contributed by atoms with Crippen molar-refractivity contribution in [1.82, 2.24) is 9.88 Å². The van der Waals surface area contributed by atoms with E-state index in [1.165, 1.54) is 11.1 Å². The van der Waals surface area contributed by atoms with Crippen LogP contribution in [-0.4, -0.2) is 40.8 Å². The summed E-state index contributed by atoms with van der Waals surface area (Å²) in [5.74, 6) is 0.758. The molecule has 4 heteroatoms. The summed E-state index contributed by atoms with van der Waals surface area (Å²) < 4.78 is 5.96. The zero-order valence-corrected chi connectivity index (χ0v) is 17.4. The van der Waals surface area contributed by atoms with Crippen molar-refractivity contribution in [3.05, 3.63) is 96.2 Å². The third kappa shape index (κ3) is 4.46. The van der Waals surface area contributed by atoms with Gasteiger partial charge in [-0.25, -0.2) is 0 Å². The zero-order valence-electron chi connectivity index (χ0n) is 17.4. The molecule has 0 amide bonds. The van der Waals surface area contributed by atoms with E-state index in [-0.39, 0.29) is 6.61 Å². The first-order valence-electron chi connectivity index (χ1n) is 10.8. The topological polar surface area (TPSA) is 45.6 Å². The molecule has 0 spiro atoms. The van der Waals surface area contributed by atoms with E-state index in [2.05, 4.69) is 58.4 Å². The summed E-state index contributed by atoms with van der Waals surface area (Å²) in [6.45, 7) is 2.74. The average molecular weight is 411 g/mol. The number of aliphatic hydroxyl groups excluding tert-OH is 1. The Morgan fingerprint density at radius 3 is 2.71 bits per heavy atom. The summed E-state index contributed by atoms with van der Waals surface area (Å²) in [6.07, 6.45) is 2.32. The number of nitrogens with zero attached hydrogens (tertiary/aromatic N) is 2. The Bertz CT molecular complexity index is 1190. The molecule has 0 radical (unpaired) electrons. The molecule has 1 N–H and O–H groups in total. The van der Waals surface area contributed by atoms with Crippen LogP contribution in [0.2, 0.25) is 0 Å². The van der Waals surface area contributed by atoms with Gasteiger partial charge in [0.15, 0.2) is 0 Å². The van der Waals surface area contributed by atoms with Crippen molar-refractivity contribution in [2.45, 2.75) is 19.1 Å². The van der Waals surface area contributed by atoms with Crippen molar-refractivity contribution in [2.24, 2.45) is 0 Å². The van der Waals surface area contributed by atoms with Gasteiger partial charge in [-0.15, -0.1) is 0 Å². The van der Waals surface area contributed by atoms with Gasteiger partial charge in [-0.05, 0) is 41.3 Å². The molecular formula is C27H26N2O2. The summed E-state index contributed by atoms with van der Waals surface area (Å²) in [5, 5.41) is 11.7. The first-order chi connectivity index (χ1) is 15.3. The molecule has 31 heavy (non-hydrogen) atoms. The van der Waals surface area contributed by atoms with Gasteiger partial charge >= 0.3 is 0 Å². The predicted octanol–water partition coefficient (Wildman–Crippen LogP) is 4.70. The average Bonchev–Trinajstić information content (AvgIpc) is 2.82. The molecule has 1 atom stereocenters. The first-order valence-corrected chi connectivity index (χ1v) is 10.8. The van der Waals surface area contributed by atoms with Crippen LogP contribution in [-0.2, 0) is 13.0 Å². The molecule has 4 aromatic rings. The summed E-state index contributed by atoms with van der Waals surface area (Å²) in [4.78, 5) is 6.86. The van der Waals surface area contributed by atoms with Crippen LogP contribution < -0.4 is 4.74 Å². The van der Waals surface area contributed by atoms with Gasteiger partial charge in [-0.1, -0.05) is 60.7 Å². The maximum atomic E-state index is 10.6. The lowest BCUT2D eigenvalue weighted by molar-refractivity contribution is 0.0638. The Hall–Kier alpha value is -3.21. The van der Waals surface area contributed by atoms with Crippen molar-refractivity contribution in [1.29, 1.82) is 0 Å². The molecule has 0 fully saturated rings. The van der Waals surface area contributed by atoms with Gasteiger partial charge in [0.05, 0.1) is 5.52 Å². The number of benzene rings is 3. The lowest BCUT2D eigenvalue weighted by Crippen LogP contribution is -2.38. The van der Waals surface area contributed by atoms with Crippen LogP contribution >= 0.6 is 0 Å². The van der Waals surface area contributed by atoms with Gasteiger partial charge in [-0.3, -0.25) is 9.88 Å². The lowest BCUT2D eigenvalue weighted by atomic mass is 10.00. The summed E-state index contributed by atoms with van der Waals surface area (Å²) >= 11 is 0. The highest BCUT2D eigenvalue weighted by Gasteiger charge is 2.18. The van der Waals surface area contributed by atoms with Crippen molar-refractivity contribution < 1.29 is 9.84 Å². The Labute approximate surface area is 182 Å². The highest BCUT2D eigenvalue weighted by Crippen LogP contribution is 2.29. The van der Waals surface area contributed by atoms with Gasteiger partial charge in [-0.2, -0.15) is 0 Å². The number of aromatic nitrogens is 1. The number of ether oxygens (including phenoxy) is 1. The van der Waals surface area contributed by atoms with Crippen LogP contribution in [0.4, 0.5) is 0 Å². The maximum absolute atomic E-state index is 10.6. The van der Waals surface area contributed by atoms with Crippen molar-refractivity contribution >= 4 is 10.9 Å². The zero-order chi connectivity index (χ0) is 21.0. The van der Waals surface area contributed by atoms with E-state index in [1.807, 2.05) is 36.5 Å². The molecule has 5 rings (SSSR count). The summed E-state index contributed by atoms with van der Waals surface area (Å²) in [5.41, 5.74) is 5.90. The van der Waals surface area contributed by atoms with E-state index < -0.39 is 6.10 Å². The van der Waals surface area contributed by atoms with Crippen LogP contribution in [0.5, 0.6) is 5.75 Å². The normalized spacial score (nSPS) is 14.9. The molecule has 2 heterocycles. The second kappa shape index (κ2) is 8.88. The Balaban J connectivity index is 1.23. The number of β-amino-alcohol motifs (C(OH)–C–C–N with tert-alkyl or cyclic N) is 1. The molecule has 0 bridgehead atoms. The summed E-state index contributed by atoms with van der Waals surface area (Å²) in [6, 6.07) is 26.8. The smallest absolute Gasteiger partial charge is 0.120 e. The van der Waals surface area contributed by atoms with Crippen LogP contribution in [0.3, 0.4) is 0 Å². The fourth-order valence-electron chi connectivity index (χ4n) is 4.34. The van der Waals surface area contributed by atoms with Crippen LogP contribution in [0.25, 0.3) is 22.0 Å². The van der Waals surface area contributed by atoms with E-state index in [9.17, 15) is 5.11 Å². The van der Waals surface area contributed by atoms with Gasteiger partial charge in [0.2, 0.25) is 0 Å². The minimum atomic E-state index is -0.534. The molecule has 3 aromatic carbocycles. The number of hydrogen-bond acceptors (Lipinski definition) is 4. The fourth-order valence-corrected chi connectivity index (χ4v) is 4.34. The number of pyridine rings is 1. The Morgan fingerprint density at radius 2 is 1.77 bits per heavy atom. The minimum absolute atomic E-state index is 0.273. The standard InChI is InChI=1S/C27H26N2O2/c30-24(18-29-15-13-20-6-1-2-7-23(20)17-29)19-31-25-11-3-9-22(16-25)26-12-4-8-21-10-5-14-28-27(21)26/h1-12,14,16,24,30H,13,15,17-19H2/t24-/m1/s1. The molecule has 1 aromatic heterocycles. The quantitative estimate of drug-likeness (QED) is 0.500. The predicted molar refractivity (Wildman–Crippen MR) is 124 cm³/mol. The second-order valence-corrected chi connectivity index (χ2v) is 8.13. The number of fused-ring (bicyclic) bond motifs is 2. The van der Waals surface area contributed by atoms with E-state index >= 15 is 0 Å². The second-order valence-electron chi connectivity index (χ2n) is 8.13. The Morgan fingerprint density at radius 1 is 0.935 bits per heavy atom. The number of rotatable bonds is 6. The van der Waals surface area contributed by atoms with E-state index in [4.69, 9.17) is 4.74 Å². The fraction of sp³-hybridized carbons (Fsp3) is 0.222. The highest BCUT2D eigenvalue weighted by atomic mass is 16.5. The number of para-hydroxylation sites is 1. The van der Waals surface area contributed by atoms with Crippen molar-refractivity contribution in [3.8, 4) is 16.9 Å². The largest absolute Gasteiger partial charge is 0.491 e. The molecule has 0 unspecified atom stereocenters. The monoisotopic (exact) mass is 410 g/mol. The molecule has 4 nitrogen and oxygen atoms in total. The number of hydrogen-bond donors (Lipinski definition) is 1. The third-order valence-corrected chi connectivity index (χ3v) is 5.90. The highest BCUT2D eigenvalue weighted by molar-refractivity contribution is 5.93. The Kier molecular flexibility index (Phi) is 5.65. The molecule has 0 aliphatic carbocycles. The van der Waals surface area contributed by atoms with Gasteiger partial charge < -0.3 is 9.84 Å². The third-order valence-electron chi connectivity index (χ3n) is 5.90.